The first-order chi connectivity index (χ1) is 15.0. The van der Waals surface area contributed by atoms with E-state index in [0.29, 0.717) is 36.5 Å². The number of phenols is 2. The molecule has 160 valence electrons. The first-order valence-corrected chi connectivity index (χ1v) is 10.5. The van der Waals surface area contributed by atoms with E-state index in [-0.39, 0.29) is 29.6 Å². The molecule has 1 amide bonds. The Morgan fingerprint density at radius 3 is 2.42 bits per heavy atom. The SMILES string of the molecule is O=C(c1ccc(O)c(O)c1)N1CCC(O[C@@H](c2ccc(Cl)cc2)c2ccccn2)CC1. The lowest BCUT2D eigenvalue weighted by Crippen LogP contribution is -2.41. The molecule has 3 aromatic rings. The highest BCUT2D eigenvalue weighted by Gasteiger charge is 2.28. The second-order valence-electron chi connectivity index (χ2n) is 7.52. The molecule has 1 saturated heterocycles. The molecule has 2 heterocycles. The Kier molecular flexibility index (Phi) is 6.39. The minimum Gasteiger partial charge on any atom is -0.504 e. The number of halogens is 1. The zero-order valence-corrected chi connectivity index (χ0v) is 17.6. The molecule has 1 aromatic heterocycles. The van der Waals surface area contributed by atoms with Gasteiger partial charge < -0.3 is 19.8 Å². The van der Waals surface area contributed by atoms with Crippen LogP contribution in [0.5, 0.6) is 11.5 Å². The maximum atomic E-state index is 12.7. The number of hydrogen-bond donors (Lipinski definition) is 2. The second-order valence-corrected chi connectivity index (χ2v) is 7.95. The summed E-state index contributed by atoms with van der Waals surface area (Å²) in [5, 5.41) is 19.8. The Morgan fingerprint density at radius 1 is 1.03 bits per heavy atom. The zero-order valence-electron chi connectivity index (χ0n) is 16.8. The average molecular weight is 439 g/mol. The summed E-state index contributed by atoms with van der Waals surface area (Å²) in [6.45, 7) is 1.08. The molecule has 31 heavy (non-hydrogen) atoms. The van der Waals surface area contributed by atoms with Crippen molar-refractivity contribution < 1.29 is 19.7 Å². The predicted molar refractivity (Wildman–Crippen MR) is 117 cm³/mol. The van der Waals surface area contributed by atoms with Gasteiger partial charge in [-0.3, -0.25) is 9.78 Å². The van der Waals surface area contributed by atoms with Crippen LogP contribution in [-0.2, 0) is 4.74 Å². The van der Waals surface area contributed by atoms with Gasteiger partial charge in [-0.15, -0.1) is 0 Å². The van der Waals surface area contributed by atoms with E-state index in [1.165, 1.54) is 18.2 Å². The van der Waals surface area contributed by atoms with Crippen molar-refractivity contribution in [3.63, 3.8) is 0 Å². The fourth-order valence-electron chi connectivity index (χ4n) is 3.71. The summed E-state index contributed by atoms with van der Waals surface area (Å²) in [4.78, 5) is 19.0. The van der Waals surface area contributed by atoms with Gasteiger partial charge >= 0.3 is 0 Å². The van der Waals surface area contributed by atoms with Gasteiger partial charge in [-0.2, -0.15) is 0 Å². The standard InChI is InChI=1S/C24H23ClN2O4/c25-18-7-4-16(5-8-18)23(20-3-1-2-12-26-20)31-19-10-13-27(14-11-19)24(30)17-6-9-21(28)22(29)15-17/h1-9,12,15,19,23,28-29H,10-11,13-14H2/t23-/m0/s1. The number of aromatic nitrogens is 1. The smallest absolute Gasteiger partial charge is 0.253 e. The van der Waals surface area contributed by atoms with Crippen LogP contribution >= 0.6 is 11.6 Å². The van der Waals surface area contributed by atoms with Crippen molar-refractivity contribution in [2.45, 2.75) is 25.0 Å². The minimum absolute atomic E-state index is 0.0278. The maximum Gasteiger partial charge on any atom is 0.253 e. The summed E-state index contributed by atoms with van der Waals surface area (Å²) in [7, 11) is 0. The Hall–Kier alpha value is -3.09. The Balaban J connectivity index is 1.43. The van der Waals surface area contributed by atoms with Crippen molar-refractivity contribution in [1.29, 1.82) is 0 Å². The van der Waals surface area contributed by atoms with Crippen LogP contribution in [-0.4, -0.2) is 45.2 Å². The molecule has 2 N–H and O–H groups in total. The van der Waals surface area contributed by atoms with Crippen LogP contribution in [0.3, 0.4) is 0 Å². The Morgan fingerprint density at radius 2 is 1.77 bits per heavy atom. The number of benzene rings is 2. The van der Waals surface area contributed by atoms with E-state index in [1.807, 2.05) is 42.5 Å². The number of likely N-dealkylation sites (tertiary alicyclic amines) is 1. The first-order valence-electron chi connectivity index (χ1n) is 10.1. The molecule has 0 radical (unpaired) electrons. The van der Waals surface area contributed by atoms with Crippen molar-refractivity contribution >= 4 is 17.5 Å². The van der Waals surface area contributed by atoms with Crippen molar-refractivity contribution in [2.75, 3.05) is 13.1 Å². The number of amides is 1. The summed E-state index contributed by atoms with van der Waals surface area (Å²) < 4.78 is 6.46. The van der Waals surface area contributed by atoms with Gasteiger partial charge in [-0.1, -0.05) is 29.8 Å². The average Bonchev–Trinajstić information content (AvgIpc) is 2.80. The molecule has 0 spiro atoms. The first kappa shape index (κ1) is 21.2. The number of rotatable bonds is 5. The quantitative estimate of drug-likeness (QED) is 0.571. The lowest BCUT2D eigenvalue weighted by Gasteiger charge is -2.34. The lowest BCUT2D eigenvalue weighted by atomic mass is 10.0. The molecule has 0 bridgehead atoms. The third-order valence-corrected chi connectivity index (χ3v) is 5.66. The highest BCUT2D eigenvalue weighted by atomic mass is 35.5. The fraction of sp³-hybridized carbons (Fsp3) is 0.250. The van der Waals surface area contributed by atoms with E-state index in [9.17, 15) is 15.0 Å². The molecule has 1 aliphatic rings. The third-order valence-electron chi connectivity index (χ3n) is 5.41. The number of ether oxygens (including phenoxy) is 1. The number of carbonyl (C=O) groups excluding carboxylic acids is 1. The van der Waals surface area contributed by atoms with E-state index in [2.05, 4.69) is 4.98 Å². The van der Waals surface area contributed by atoms with Gasteiger partial charge in [0.2, 0.25) is 0 Å². The van der Waals surface area contributed by atoms with Crippen LogP contribution in [0.15, 0.2) is 66.9 Å². The highest BCUT2D eigenvalue weighted by molar-refractivity contribution is 6.30. The number of phenolic OH excluding ortho intramolecular Hbond substituents is 2. The van der Waals surface area contributed by atoms with Gasteiger partial charge in [0, 0.05) is 29.9 Å². The largest absolute Gasteiger partial charge is 0.504 e. The number of pyridine rings is 1. The second kappa shape index (κ2) is 9.37. The van der Waals surface area contributed by atoms with Crippen LogP contribution < -0.4 is 0 Å². The molecule has 1 aliphatic heterocycles. The van der Waals surface area contributed by atoms with E-state index >= 15 is 0 Å². The summed E-state index contributed by atoms with van der Waals surface area (Å²) in [6.07, 6.45) is 2.77. The number of hydrogen-bond acceptors (Lipinski definition) is 5. The van der Waals surface area contributed by atoms with E-state index in [4.69, 9.17) is 16.3 Å². The summed E-state index contributed by atoms with van der Waals surface area (Å²) >= 11 is 6.05. The van der Waals surface area contributed by atoms with Crippen molar-refractivity contribution in [1.82, 2.24) is 9.88 Å². The fourth-order valence-corrected chi connectivity index (χ4v) is 3.84. The summed E-state index contributed by atoms with van der Waals surface area (Å²) in [6, 6.07) is 17.4. The topological polar surface area (TPSA) is 82.9 Å². The molecule has 4 rings (SSSR count). The van der Waals surface area contributed by atoms with Crippen molar-refractivity contribution in [2.24, 2.45) is 0 Å². The van der Waals surface area contributed by atoms with Crippen LogP contribution in [0.1, 0.15) is 40.6 Å². The predicted octanol–water partition coefficient (Wildman–Crippen LogP) is 4.56. The number of nitrogens with zero attached hydrogens (tertiary/aromatic N) is 2. The van der Waals surface area contributed by atoms with Gasteiger partial charge in [-0.05, 0) is 60.9 Å². The van der Waals surface area contributed by atoms with Crippen LogP contribution in [0.25, 0.3) is 0 Å². The minimum atomic E-state index is -0.320. The zero-order chi connectivity index (χ0) is 21.8. The van der Waals surface area contributed by atoms with Gasteiger partial charge in [0.15, 0.2) is 11.5 Å². The molecule has 1 atom stereocenters. The molecule has 7 heteroatoms. The Labute approximate surface area is 185 Å². The highest BCUT2D eigenvalue weighted by Crippen LogP contribution is 2.31. The normalized spacial score (nSPS) is 15.6. The van der Waals surface area contributed by atoms with Crippen LogP contribution in [0.2, 0.25) is 5.02 Å². The Bertz CT molecular complexity index is 1040. The molecule has 2 aromatic carbocycles. The molecule has 0 saturated carbocycles. The third kappa shape index (κ3) is 4.98. The van der Waals surface area contributed by atoms with Gasteiger partial charge in [-0.25, -0.2) is 0 Å². The van der Waals surface area contributed by atoms with Crippen LogP contribution in [0, 0.1) is 0 Å². The van der Waals surface area contributed by atoms with Gasteiger partial charge in [0.25, 0.3) is 5.91 Å². The van der Waals surface area contributed by atoms with Gasteiger partial charge in [0.1, 0.15) is 6.10 Å². The molecule has 1 fully saturated rings. The monoisotopic (exact) mass is 438 g/mol. The lowest BCUT2D eigenvalue weighted by molar-refractivity contribution is -0.0254. The molecular weight excluding hydrogens is 416 g/mol. The molecule has 0 unspecified atom stereocenters. The molecular formula is C24H23ClN2O4. The maximum absolute atomic E-state index is 12.7. The van der Waals surface area contributed by atoms with Crippen LogP contribution in [0.4, 0.5) is 0 Å². The molecule has 0 aliphatic carbocycles. The summed E-state index contributed by atoms with van der Waals surface area (Å²) in [5.41, 5.74) is 2.14. The van der Waals surface area contributed by atoms with Gasteiger partial charge in [0.05, 0.1) is 11.8 Å². The molecule has 6 nitrogen and oxygen atoms in total. The summed E-state index contributed by atoms with van der Waals surface area (Å²) in [5.74, 6) is -0.718. The van der Waals surface area contributed by atoms with Crippen molar-refractivity contribution in [3.05, 3.63) is 88.7 Å². The van der Waals surface area contributed by atoms with Crippen molar-refractivity contribution in [3.8, 4) is 11.5 Å². The number of piperidine rings is 1. The number of carbonyl (C=O) groups is 1. The van der Waals surface area contributed by atoms with E-state index < -0.39 is 0 Å². The van der Waals surface area contributed by atoms with E-state index in [0.717, 1.165) is 11.3 Å². The number of aromatic hydroxyl groups is 2. The van der Waals surface area contributed by atoms with E-state index in [1.54, 1.807) is 11.1 Å².